The molecular weight excluding hydrogens is 302 g/mol. The molecule has 0 heterocycles. The molecule has 1 aromatic carbocycles. The van der Waals surface area contributed by atoms with Crippen LogP contribution in [0.1, 0.15) is 5.56 Å². The topological polar surface area (TPSA) is 83.6 Å². The van der Waals surface area contributed by atoms with Crippen LogP contribution in [0.2, 0.25) is 0 Å². The summed E-state index contributed by atoms with van der Waals surface area (Å²) in [7, 11) is -3.57. The Morgan fingerprint density at radius 2 is 2.00 bits per heavy atom. The predicted octanol–water partition coefficient (Wildman–Crippen LogP) is 0.478. The van der Waals surface area contributed by atoms with Crippen molar-refractivity contribution in [2.24, 2.45) is 5.73 Å². The van der Waals surface area contributed by atoms with Crippen LogP contribution in [0.25, 0.3) is 0 Å². The van der Waals surface area contributed by atoms with E-state index in [1.54, 1.807) is 12.1 Å². The van der Waals surface area contributed by atoms with Gasteiger partial charge in [-0.25, -0.2) is 17.2 Å². The number of aliphatic hydroxyl groups excluding tert-OH is 1. The van der Waals surface area contributed by atoms with E-state index in [4.69, 9.17) is 10.8 Å². The third kappa shape index (κ3) is 6.04. The van der Waals surface area contributed by atoms with E-state index in [0.29, 0.717) is 5.56 Å². The normalized spacial score (nSPS) is 12.3. The molecule has 1 rings (SSSR count). The molecule has 21 heavy (non-hydrogen) atoms. The molecule has 0 unspecified atom stereocenters. The molecule has 5 nitrogen and oxygen atoms in total. The highest BCUT2D eigenvalue weighted by Gasteiger charge is 2.18. The third-order valence-corrected chi connectivity index (χ3v) is 4.67. The van der Waals surface area contributed by atoms with E-state index in [0.717, 1.165) is 0 Å². The second-order valence-corrected chi connectivity index (χ2v) is 6.69. The monoisotopic (exact) mass is 322 g/mol. The minimum absolute atomic E-state index is 0.0166. The second-order valence-electron chi connectivity index (χ2n) is 4.59. The highest BCUT2D eigenvalue weighted by atomic mass is 32.2. The fraction of sp³-hybridized carbons (Fsp3) is 0.538. The Morgan fingerprint density at radius 3 is 2.57 bits per heavy atom. The van der Waals surface area contributed by atoms with Crippen LogP contribution in [0.15, 0.2) is 29.2 Å². The summed E-state index contributed by atoms with van der Waals surface area (Å²) in [6.45, 7) is -0.664. The van der Waals surface area contributed by atoms with Crippen LogP contribution in [-0.2, 0) is 16.4 Å². The number of sulfone groups is 1. The summed E-state index contributed by atoms with van der Waals surface area (Å²) >= 11 is 0. The van der Waals surface area contributed by atoms with Gasteiger partial charge in [-0.2, -0.15) is 0 Å². The smallest absolute Gasteiger partial charge is 0.251 e. The summed E-state index contributed by atoms with van der Waals surface area (Å²) in [6, 6.07) is 6.25. The van der Waals surface area contributed by atoms with Crippen LogP contribution in [0, 0.1) is 0 Å². The van der Waals surface area contributed by atoms with Crippen LogP contribution in [0.4, 0.5) is 8.78 Å². The summed E-state index contributed by atoms with van der Waals surface area (Å²) in [5, 5.41) is 8.81. The molecule has 3 N–H and O–H groups in total. The Balaban J connectivity index is 2.74. The predicted molar refractivity (Wildman–Crippen MR) is 75.9 cm³/mol. The van der Waals surface area contributed by atoms with Crippen molar-refractivity contribution in [3.8, 4) is 0 Å². The lowest BCUT2D eigenvalue weighted by Gasteiger charge is -2.20. The number of alkyl halides is 2. The van der Waals surface area contributed by atoms with Crippen molar-refractivity contribution >= 4 is 9.84 Å². The number of nitrogens with two attached hydrogens (primary N) is 1. The number of hydrogen-bond donors (Lipinski definition) is 2. The van der Waals surface area contributed by atoms with Gasteiger partial charge in [0.05, 0.1) is 23.8 Å². The summed E-state index contributed by atoms with van der Waals surface area (Å²) in [5.74, 6) is -0.284. The molecule has 0 saturated heterocycles. The molecular formula is C13H20F2N2O3S. The van der Waals surface area contributed by atoms with Crippen molar-refractivity contribution in [1.82, 2.24) is 4.90 Å². The van der Waals surface area contributed by atoms with Gasteiger partial charge in [-0.3, -0.25) is 4.90 Å². The van der Waals surface area contributed by atoms with Gasteiger partial charge in [0.2, 0.25) is 0 Å². The molecule has 0 aliphatic rings. The molecule has 0 aromatic heterocycles. The fourth-order valence-corrected chi connectivity index (χ4v) is 3.22. The molecule has 120 valence electrons. The molecule has 1 aromatic rings. The molecule has 0 aliphatic carbocycles. The van der Waals surface area contributed by atoms with Gasteiger partial charge in [-0.05, 0) is 17.7 Å². The number of rotatable bonds is 9. The lowest BCUT2D eigenvalue weighted by Crippen LogP contribution is -2.35. The average molecular weight is 322 g/mol. The van der Waals surface area contributed by atoms with Gasteiger partial charge in [0, 0.05) is 19.6 Å². The molecule has 0 aliphatic heterocycles. The van der Waals surface area contributed by atoms with E-state index in [2.05, 4.69) is 0 Å². The first kappa shape index (κ1) is 18.0. The van der Waals surface area contributed by atoms with E-state index in [1.165, 1.54) is 17.0 Å². The molecule has 0 spiro atoms. The molecule has 0 atom stereocenters. The van der Waals surface area contributed by atoms with Gasteiger partial charge < -0.3 is 10.8 Å². The standard InChI is InChI=1S/C13H20F2N2O3S/c14-13(15)10-17(4-6-18)5-7-21(19,20)12-3-1-2-11(8-12)9-16/h1-3,8,13,18H,4-7,9-10,16H2. The lowest BCUT2D eigenvalue weighted by molar-refractivity contribution is 0.0815. The van der Waals surface area contributed by atoms with Crippen LogP contribution in [0.3, 0.4) is 0 Å². The van der Waals surface area contributed by atoms with Crippen molar-refractivity contribution < 1.29 is 22.3 Å². The third-order valence-electron chi connectivity index (χ3n) is 2.98. The summed E-state index contributed by atoms with van der Waals surface area (Å²) in [4.78, 5) is 1.36. The molecule has 0 saturated carbocycles. The number of hydrogen-bond acceptors (Lipinski definition) is 5. The Hall–Kier alpha value is -1.09. The maximum atomic E-state index is 12.4. The van der Waals surface area contributed by atoms with Gasteiger partial charge in [0.1, 0.15) is 0 Å². The minimum Gasteiger partial charge on any atom is -0.395 e. The lowest BCUT2D eigenvalue weighted by atomic mass is 10.2. The number of halogens is 2. The average Bonchev–Trinajstić information content (AvgIpc) is 2.44. The maximum Gasteiger partial charge on any atom is 0.251 e. The van der Waals surface area contributed by atoms with E-state index in [9.17, 15) is 17.2 Å². The van der Waals surface area contributed by atoms with Crippen molar-refractivity contribution in [2.75, 3.05) is 32.0 Å². The SMILES string of the molecule is NCc1cccc(S(=O)(=O)CCN(CCO)CC(F)F)c1. The molecule has 8 heteroatoms. The van der Waals surface area contributed by atoms with E-state index < -0.39 is 22.8 Å². The largest absolute Gasteiger partial charge is 0.395 e. The number of nitrogens with zero attached hydrogens (tertiary/aromatic N) is 1. The minimum atomic E-state index is -3.57. The van der Waals surface area contributed by atoms with Crippen LogP contribution in [0.5, 0.6) is 0 Å². The van der Waals surface area contributed by atoms with Crippen molar-refractivity contribution in [1.29, 1.82) is 0 Å². The Bertz CT molecular complexity index is 538. The number of aliphatic hydroxyl groups is 1. The van der Waals surface area contributed by atoms with Crippen molar-refractivity contribution in [3.63, 3.8) is 0 Å². The quantitative estimate of drug-likeness (QED) is 0.691. The molecule has 0 radical (unpaired) electrons. The first-order valence-corrected chi connectivity index (χ1v) is 8.17. The van der Waals surface area contributed by atoms with E-state index in [1.807, 2.05) is 0 Å². The van der Waals surface area contributed by atoms with Crippen LogP contribution in [-0.4, -0.2) is 56.8 Å². The molecule has 0 bridgehead atoms. The summed E-state index contributed by atoms with van der Waals surface area (Å²) < 4.78 is 49.1. The Kier molecular flexibility index (Phi) is 7.16. The van der Waals surface area contributed by atoms with Gasteiger partial charge >= 0.3 is 0 Å². The van der Waals surface area contributed by atoms with Gasteiger partial charge in [-0.1, -0.05) is 12.1 Å². The van der Waals surface area contributed by atoms with Crippen molar-refractivity contribution in [2.45, 2.75) is 17.9 Å². The first-order chi connectivity index (χ1) is 9.89. The van der Waals surface area contributed by atoms with E-state index in [-0.39, 0.29) is 36.9 Å². The first-order valence-electron chi connectivity index (χ1n) is 6.52. The van der Waals surface area contributed by atoms with Gasteiger partial charge in [0.15, 0.2) is 9.84 Å². The zero-order valence-electron chi connectivity index (χ0n) is 11.6. The Labute approximate surface area is 123 Å². The summed E-state index contributed by atoms with van der Waals surface area (Å²) in [5.41, 5.74) is 6.15. The van der Waals surface area contributed by atoms with E-state index >= 15 is 0 Å². The summed E-state index contributed by atoms with van der Waals surface area (Å²) in [6.07, 6.45) is -2.57. The number of benzene rings is 1. The van der Waals surface area contributed by atoms with Crippen LogP contribution >= 0.6 is 0 Å². The van der Waals surface area contributed by atoms with Gasteiger partial charge in [0.25, 0.3) is 6.43 Å². The van der Waals surface area contributed by atoms with Crippen LogP contribution < -0.4 is 5.73 Å². The maximum absolute atomic E-state index is 12.4. The van der Waals surface area contributed by atoms with Crippen molar-refractivity contribution in [3.05, 3.63) is 29.8 Å². The zero-order valence-corrected chi connectivity index (χ0v) is 12.4. The molecule has 0 amide bonds. The van der Waals surface area contributed by atoms with Gasteiger partial charge in [-0.15, -0.1) is 0 Å². The highest BCUT2D eigenvalue weighted by Crippen LogP contribution is 2.13. The second kappa shape index (κ2) is 8.38. The fourth-order valence-electron chi connectivity index (χ4n) is 1.86. The molecule has 0 fully saturated rings. The zero-order chi connectivity index (χ0) is 15.9. The Morgan fingerprint density at radius 1 is 1.29 bits per heavy atom. The highest BCUT2D eigenvalue weighted by molar-refractivity contribution is 7.91.